The van der Waals surface area contributed by atoms with Crippen molar-refractivity contribution in [2.24, 2.45) is 0 Å². The van der Waals surface area contributed by atoms with Crippen LogP contribution in [0.3, 0.4) is 0 Å². The van der Waals surface area contributed by atoms with Gasteiger partial charge >= 0.3 is 0 Å². The largest absolute Gasteiger partial charge is 0.378 e. The van der Waals surface area contributed by atoms with Crippen molar-refractivity contribution in [2.75, 3.05) is 13.2 Å². The second kappa shape index (κ2) is 7.46. The molecule has 1 aliphatic heterocycles. The summed E-state index contributed by atoms with van der Waals surface area (Å²) in [5, 5.41) is 3.59. The van der Waals surface area contributed by atoms with E-state index >= 15 is 0 Å². The third-order valence-electron chi connectivity index (χ3n) is 3.46. The van der Waals surface area contributed by atoms with Gasteiger partial charge < -0.3 is 10.1 Å². The predicted molar refractivity (Wildman–Crippen MR) is 83.9 cm³/mol. The molecule has 0 aliphatic carbocycles. The third-order valence-corrected chi connectivity index (χ3v) is 4.18. The molecule has 1 aliphatic rings. The fourth-order valence-electron chi connectivity index (χ4n) is 2.58. The van der Waals surface area contributed by atoms with Crippen LogP contribution in [0.15, 0.2) is 24.3 Å². The Kier molecular flexibility index (Phi) is 5.92. The zero-order valence-corrected chi connectivity index (χ0v) is 13.2. The maximum absolute atomic E-state index is 5.75. The van der Waals surface area contributed by atoms with Crippen LogP contribution in [0, 0.1) is 3.57 Å². The number of rotatable bonds is 6. The van der Waals surface area contributed by atoms with E-state index in [0.717, 1.165) is 26.0 Å². The zero-order chi connectivity index (χ0) is 12.8. The topological polar surface area (TPSA) is 21.3 Å². The minimum atomic E-state index is 0.470. The number of ether oxygens (including phenoxy) is 1. The monoisotopic (exact) mass is 359 g/mol. The Morgan fingerprint density at radius 1 is 1.39 bits per heavy atom. The molecule has 0 aromatic heterocycles. The SMILES string of the molecule is CCNC(Cc1ccc(I)cc1)CC1CCCO1. The Labute approximate surface area is 124 Å². The first-order valence-corrected chi connectivity index (χ1v) is 7.95. The lowest BCUT2D eigenvalue weighted by molar-refractivity contribution is 0.0948. The Balaban J connectivity index is 1.90. The third kappa shape index (κ3) is 4.52. The van der Waals surface area contributed by atoms with Crippen LogP contribution in [0.25, 0.3) is 0 Å². The highest BCUT2D eigenvalue weighted by atomic mass is 127. The van der Waals surface area contributed by atoms with Gasteiger partial charge in [-0.2, -0.15) is 0 Å². The number of nitrogens with one attached hydrogen (secondary N) is 1. The smallest absolute Gasteiger partial charge is 0.0590 e. The number of hydrogen-bond donors (Lipinski definition) is 1. The summed E-state index contributed by atoms with van der Waals surface area (Å²) in [5.74, 6) is 0. The lowest BCUT2D eigenvalue weighted by Crippen LogP contribution is -2.34. The van der Waals surface area contributed by atoms with Crippen LogP contribution in [0.1, 0.15) is 31.7 Å². The predicted octanol–water partition coefficient (Wildman–Crippen LogP) is 3.38. The average Bonchev–Trinajstić information content (AvgIpc) is 2.85. The fourth-order valence-corrected chi connectivity index (χ4v) is 2.94. The summed E-state index contributed by atoms with van der Waals surface area (Å²) in [5.41, 5.74) is 1.42. The number of benzene rings is 1. The summed E-state index contributed by atoms with van der Waals surface area (Å²) < 4.78 is 7.05. The van der Waals surface area contributed by atoms with Gasteiger partial charge in [0, 0.05) is 16.2 Å². The molecule has 100 valence electrons. The normalized spacial score (nSPS) is 21.1. The van der Waals surface area contributed by atoms with Gasteiger partial charge in [-0.25, -0.2) is 0 Å². The molecule has 1 saturated heterocycles. The molecule has 1 heterocycles. The van der Waals surface area contributed by atoms with Crippen LogP contribution in [-0.2, 0) is 11.2 Å². The molecule has 0 spiro atoms. The minimum Gasteiger partial charge on any atom is -0.378 e. The van der Waals surface area contributed by atoms with Gasteiger partial charge in [0.2, 0.25) is 0 Å². The van der Waals surface area contributed by atoms with Gasteiger partial charge in [0.05, 0.1) is 6.10 Å². The van der Waals surface area contributed by atoms with E-state index in [-0.39, 0.29) is 0 Å². The Hall–Kier alpha value is -0.130. The van der Waals surface area contributed by atoms with Crippen molar-refractivity contribution in [3.8, 4) is 0 Å². The first kappa shape index (κ1) is 14.3. The van der Waals surface area contributed by atoms with Crippen molar-refractivity contribution in [1.29, 1.82) is 0 Å². The molecule has 3 heteroatoms. The highest BCUT2D eigenvalue weighted by molar-refractivity contribution is 14.1. The summed E-state index contributed by atoms with van der Waals surface area (Å²) in [6.07, 6.45) is 5.17. The molecule has 0 radical (unpaired) electrons. The van der Waals surface area contributed by atoms with E-state index in [0.29, 0.717) is 12.1 Å². The van der Waals surface area contributed by atoms with Crippen molar-refractivity contribution >= 4 is 22.6 Å². The second-order valence-corrected chi connectivity index (χ2v) is 6.20. The van der Waals surface area contributed by atoms with Crippen molar-refractivity contribution in [3.63, 3.8) is 0 Å². The maximum Gasteiger partial charge on any atom is 0.0590 e. The summed E-state index contributed by atoms with van der Waals surface area (Å²) in [4.78, 5) is 0. The molecule has 0 bridgehead atoms. The molecule has 2 unspecified atom stereocenters. The number of halogens is 1. The molecule has 2 nitrogen and oxygen atoms in total. The van der Waals surface area contributed by atoms with Crippen molar-refractivity contribution in [2.45, 2.75) is 44.8 Å². The number of likely N-dealkylation sites (N-methyl/N-ethyl adjacent to an activating group) is 1. The average molecular weight is 359 g/mol. The highest BCUT2D eigenvalue weighted by Crippen LogP contribution is 2.19. The molecular weight excluding hydrogens is 337 g/mol. The standard InChI is InChI=1S/C15H22INO/c1-2-17-14(11-15-4-3-9-18-15)10-12-5-7-13(16)8-6-12/h5-8,14-15,17H,2-4,9-11H2,1H3. The van der Waals surface area contributed by atoms with Gasteiger partial charge in [-0.1, -0.05) is 19.1 Å². The molecule has 1 fully saturated rings. The molecular formula is C15H22INO. The van der Waals surface area contributed by atoms with Crippen molar-refractivity contribution < 1.29 is 4.74 Å². The Morgan fingerprint density at radius 2 is 2.17 bits per heavy atom. The Bertz CT molecular complexity index is 346. The van der Waals surface area contributed by atoms with Crippen molar-refractivity contribution in [1.82, 2.24) is 5.32 Å². The minimum absolute atomic E-state index is 0.470. The summed E-state index contributed by atoms with van der Waals surface area (Å²) in [6, 6.07) is 9.39. The lowest BCUT2D eigenvalue weighted by Gasteiger charge is -2.21. The zero-order valence-electron chi connectivity index (χ0n) is 11.0. The van der Waals surface area contributed by atoms with E-state index in [4.69, 9.17) is 4.74 Å². The first-order chi connectivity index (χ1) is 8.78. The van der Waals surface area contributed by atoms with Crippen LogP contribution in [0.4, 0.5) is 0 Å². The van der Waals surface area contributed by atoms with E-state index in [1.807, 2.05) is 0 Å². The van der Waals surface area contributed by atoms with Gasteiger partial charge in [0.15, 0.2) is 0 Å². The maximum atomic E-state index is 5.75. The highest BCUT2D eigenvalue weighted by Gasteiger charge is 2.20. The van der Waals surface area contributed by atoms with Crippen LogP contribution in [0.5, 0.6) is 0 Å². The van der Waals surface area contributed by atoms with Crippen LogP contribution < -0.4 is 5.32 Å². The quantitative estimate of drug-likeness (QED) is 0.787. The van der Waals surface area contributed by atoms with E-state index in [2.05, 4.69) is 59.1 Å². The molecule has 1 aromatic carbocycles. The molecule has 2 atom stereocenters. The van der Waals surface area contributed by atoms with Crippen LogP contribution >= 0.6 is 22.6 Å². The summed E-state index contributed by atoms with van der Waals surface area (Å²) >= 11 is 2.35. The second-order valence-electron chi connectivity index (χ2n) is 4.96. The van der Waals surface area contributed by atoms with E-state index in [9.17, 15) is 0 Å². The van der Waals surface area contributed by atoms with Crippen LogP contribution in [-0.4, -0.2) is 25.3 Å². The fraction of sp³-hybridized carbons (Fsp3) is 0.600. The van der Waals surface area contributed by atoms with E-state index in [1.54, 1.807) is 0 Å². The molecule has 1 aromatic rings. The first-order valence-electron chi connectivity index (χ1n) is 6.87. The van der Waals surface area contributed by atoms with Gasteiger partial charge in [-0.05, 0) is 72.5 Å². The lowest BCUT2D eigenvalue weighted by atomic mass is 9.99. The van der Waals surface area contributed by atoms with E-state index in [1.165, 1.54) is 22.0 Å². The van der Waals surface area contributed by atoms with Crippen LogP contribution in [0.2, 0.25) is 0 Å². The molecule has 2 rings (SSSR count). The molecule has 0 saturated carbocycles. The summed E-state index contributed by atoms with van der Waals surface area (Å²) in [6.45, 7) is 4.16. The van der Waals surface area contributed by atoms with E-state index < -0.39 is 0 Å². The van der Waals surface area contributed by atoms with Gasteiger partial charge in [0.25, 0.3) is 0 Å². The molecule has 1 N–H and O–H groups in total. The number of hydrogen-bond acceptors (Lipinski definition) is 2. The van der Waals surface area contributed by atoms with Gasteiger partial charge in [0.1, 0.15) is 0 Å². The van der Waals surface area contributed by atoms with Crippen molar-refractivity contribution in [3.05, 3.63) is 33.4 Å². The Morgan fingerprint density at radius 3 is 2.78 bits per heavy atom. The van der Waals surface area contributed by atoms with Gasteiger partial charge in [-0.3, -0.25) is 0 Å². The molecule has 0 amide bonds. The van der Waals surface area contributed by atoms with Gasteiger partial charge in [-0.15, -0.1) is 0 Å². The summed E-state index contributed by atoms with van der Waals surface area (Å²) in [7, 11) is 0. The molecule has 18 heavy (non-hydrogen) atoms.